The van der Waals surface area contributed by atoms with Crippen molar-refractivity contribution in [3.8, 4) is 0 Å². The molecule has 0 heterocycles. The van der Waals surface area contributed by atoms with Gasteiger partial charge in [-0.05, 0) is 152 Å². The number of nitrogens with zero attached hydrogens (tertiary/aromatic N) is 1. The molecular formula is C62H96N8O9. The molecular weight excluding hydrogens is 1000 g/mol. The molecule has 3 aromatic carbocycles. The van der Waals surface area contributed by atoms with Crippen molar-refractivity contribution in [1.82, 2.24) is 36.8 Å². The molecule has 0 saturated heterocycles. The summed E-state index contributed by atoms with van der Waals surface area (Å²) in [7, 11) is 0. The number of nitrogens with one attached hydrogen (secondary N) is 6. The number of rotatable bonds is 39. The summed E-state index contributed by atoms with van der Waals surface area (Å²) < 4.78 is 5.53. The van der Waals surface area contributed by atoms with Crippen LogP contribution in [0.1, 0.15) is 177 Å². The Kier molecular flexibility index (Phi) is 33.1. The molecule has 0 radical (unpaired) electrons. The lowest BCUT2D eigenvalue weighted by molar-refractivity contribution is -0.123. The maximum absolute atomic E-state index is 14.2. The van der Waals surface area contributed by atoms with Crippen LogP contribution in [-0.2, 0) is 43.2 Å². The lowest BCUT2D eigenvalue weighted by atomic mass is 9.96. The van der Waals surface area contributed by atoms with Gasteiger partial charge in [-0.3, -0.25) is 28.9 Å². The lowest BCUT2D eigenvalue weighted by Gasteiger charge is -2.27. The van der Waals surface area contributed by atoms with Gasteiger partial charge in [-0.25, -0.2) is 9.59 Å². The number of aliphatic hydroxyl groups excluding tert-OH is 1. The molecule has 0 aliphatic rings. The third-order valence-corrected chi connectivity index (χ3v) is 13.3. The van der Waals surface area contributed by atoms with Crippen molar-refractivity contribution in [3.05, 3.63) is 107 Å². The molecule has 3 rings (SSSR count). The maximum atomic E-state index is 14.2. The van der Waals surface area contributed by atoms with Crippen molar-refractivity contribution in [2.75, 3.05) is 39.3 Å². The van der Waals surface area contributed by atoms with E-state index in [0.29, 0.717) is 77.7 Å². The molecule has 17 nitrogen and oxygen atoms in total. The van der Waals surface area contributed by atoms with Crippen LogP contribution in [0.2, 0.25) is 0 Å². The number of ether oxygens (including phenoxy) is 1. The minimum atomic E-state index is -0.972. The average molecular weight is 1100 g/mol. The average Bonchev–Trinajstić information content (AvgIpc) is 3.41. The Balaban J connectivity index is 1.44. The highest BCUT2D eigenvalue weighted by atomic mass is 16.6. The van der Waals surface area contributed by atoms with Gasteiger partial charge >= 0.3 is 12.1 Å². The van der Waals surface area contributed by atoms with E-state index in [0.717, 1.165) is 98.6 Å². The van der Waals surface area contributed by atoms with Gasteiger partial charge in [0.15, 0.2) is 0 Å². The zero-order chi connectivity index (χ0) is 57.7. The van der Waals surface area contributed by atoms with Crippen LogP contribution in [0, 0.1) is 5.92 Å². The van der Waals surface area contributed by atoms with Crippen LogP contribution in [0.15, 0.2) is 84.9 Å². The fourth-order valence-electron chi connectivity index (χ4n) is 8.76. The molecule has 0 aliphatic carbocycles. The van der Waals surface area contributed by atoms with Crippen molar-refractivity contribution < 1.29 is 43.4 Å². The van der Waals surface area contributed by atoms with Crippen molar-refractivity contribution in [2.45, 2.75) is 193 Å². The van der Waals surface area contributed by atoms with Gasteiger partial charge in [0, 0.05) is 64.0 Å². The number of imide groups is 1. The first-order chi connectivity index (χ1) is 37.9. The van der Waals surface area contributed by atoms with Gasteiger partial charge in [-0.2, -0.15) is 0 Å². The van der Waals surface area contributed by atoms with E-state index >= 15 is 0 Å². The molecule has 8 amide bonds. The Bertz CT molecular complexity index is 2220. The topological polar surface area (TPSA) is 250 Å². The molecule has 438 valence electrons. The molecule has 0 aromatic heterocycles. The number of nitrogens with two attached hydrogens (primary N) is 1. The standard InChI is InChI=1S/C62H96N8O9/c1-47(2)38-44-70(59(76)51-36-34-50(35-37-51)45-52(69-61(78)79-62(3,4)5)54(71)30-24-29-48-25-12-6-13-26-48)60(77)68-53(46-49-27-14-7-15-28-49)58(75)67-43-23-11-22-42-66-57(74)33-18-10-21-41-65-56(73)32-17-9-20-40-64-55(72)31-16-8-19-39-63/h6-7,12-15,25-28,34-37,47,52-54,71H,8-11,16-24,29-33,38-46,63H2,1-5H3,(H,64,72)(H,65,73)(H,66,74)(H,67,75)(H,68,77)(H,69,78)/t52?,53-,54+/m0/s1. The van der Waals surface area contributed by atoms with Crippen LogP contribution in [0.4, 0.5) is 9.59 Å². The fraction of sp³-hybridized carbons (Fsp3) is 0.597. The van der Waals surface area contributed by atoms with Crippen molar-refractivity contribution in [2.24, 2.45) is 11.7 Å². The maximum Gasteiger partial charge on any atom is 0.407 e. The number of hydrogen-bond acceptors (Lipinski definition) is 10. The first-order valence-corrected chi connectivity index (χ1v) is 29.2. The van der Waals surface area contributed by atoms with E-state index in [9.17, 15) is 38.7 Å². The molecule has 3 aromatic rings. The molecule has 0 fully saturated rings. The SMILES string of the molecule is CC(C)CCN(C(=O)N[C@@H](Cc1ccccc1)C(=O)NCCCCCNC(=O)CCCCCNC(=O)CCCCCNC(=O)CCCCCN)C(=O)c1ccc(CC(NC(=O)OC(C)(C)C)[C@H](O)CCCc2ccccc2)cc1. The number of alkyl carbamates (subject to hydrolysis) is 1. The highest BCUT2D eigenvalue weighted by Crippen LogP contribution is 2.18. The fourth-order valence-corrected chi connectivity index (χ4v) is 8.76. The Morgan fingerprint density at radius 3 is 1.54 bits per heavy atom. The van der Waals surface area contributed by atoms with E-state index in [1.807, 2.05) is 74.5 Å². The molecule has 79 heavy (non-hydrogen) atoms. The number of amides is 8. The first kappa shape index (κ1) is 66.9. The van der Waals surface area contributed by atoms with Gasteiger partial charge in [0.2, 0.25) is 23.6 Å². The van der Waals surface area contributed by atoms with E-state index in [1.54, 1.807) is 45.0 Å². The van der Waals surface area contributed by atoms with Crippen LogP contribution in [0.5, 0.6) is 0 Å². The van der Waals surface area contributed by atoms with Crippen molar-refractivity contribution in [1.29, 1.82) is 0 Å². The van der Waals surface area contributed by atoms with Gasteiger partial charge in [0.05, 0.1) is 12.1 Å². The Hall–Kier alpha value is -6.33. The first-order valence-electron chi connectivity index (χ1n) is 29.2. The largest absolute Gasteiger partial charge is 0.444 e. The summed E-state index contributed by atoms with van der Waals surface area (Å²) in [4.78, 5) is 92.7. The summed E-state index contributed by atoms with van der Waals surface area (Å²) in [5, 5.41) is 28.9. The van der Waals surface area contributed by atoms with E-state index in [1.165, 1.54) is 0 Å². The van der Waals surface area contributed by atoms with E-state index in [2.05, 4.69) is 31.9 Å². The number of unbranched alkanes of at least 4 members (excludes halogenated alkanes) is 8. The Labute approximate surface area is 471 Å². The van der Waals surface area contributed by atoms with Gasteiger partial charge in [0.1, 0.15) is 11.6 Å². The summed E-state index contributed by atoms with van der Waals surface area (Å²) in [5.74, 6) is -0.639. The van der Waals surface area contributed by atoms with Gasteiger partial charge < -0.3 is 47.5 Å². The third kappa shape index (κ3) is 31.2. The van der Waals surface area contributed by atoms with Crippen LogP contribution >= 0.6 is 0 Å². The zero-order valence-electron chi connectivity index (χ0n) is 48.2. The predicted octanol–water partition coefficient (Wildman–Crippen LogP) is 8.59. The van der Waals surface area contributed by atoms with Crippen LogP contribution in [-0.4, -0.2) is 115 Å². The molecule has 1 unspecified atom stereocenters. The summed E-state index contributed by atoms with van der Waals surface area (Å²) in [6, 6.07) is 23.8. The predicted molar refractivity (Wildman–Crippen MR) is 312 cm³/mol. The quantitative estimate of drug-likeness (QED) is 0.0253. The zero-order valence-corrected chi connectivity index (χ0v) is 48.2. The van der Waals surface area contributed by atoms with Crippen LogP contribution in [0.25, 0.3) is 0 Å². The molecule has 3 atom stereocenters. The second kappa shape index (κ2) is 39.1. The minimum Gasteiger partial charge on any atom is -0.444 e. The molecule has 0 saturated carbocycles. The number of aryl methyl sites for hydroxylation is 1. The van der Waals surface area contributed by atoms with E-state index < -0.39 is 41.8 Å². The summed E-state index contributed by atoms with van der Waals surface area (Å²) in [6.07, 6.45) is 12.6. The Morgan fingerprint density at radius 1 is 0.557 bits per heavy atom. The van der Waals surface area contributed by atoms with Crippen molar-refractivity contribution >= 4 is 41.7 Å². The number of benzene rings is 3. The van der Waals surface area contributed by atoms with Gasteiger partial charge in [0.25, 0.3) is 5.91 Å². The van der Waals surface area contributed by atoms with Gasteiger partial charge in [-0.1, -0.05) is 106 Å². The number of carbonyl (C=O) groups is 7. The molecule has 17 heteroatoms. The molecule has 0 aliphatic heterocycles. The summed E-state index contributed by atoms with van der Waals surface area (Å²) >= 11 is 0. The monoisotopic (exact) mass is 1100 g/mol. The number of urea groups is 1. The number of carbonyl (C=O) groups excluding carboxylic acids is 7. The van der Waals surface area contributed by atoms with E-state index in [4.69, 9.17) is 10.5 Å². The van der Waals surface area contributed by atoms with Crippen LogP contribution in [0.3, 0.4) is 0 Å². The molecule has 0 bridgehead atoms. The third-order valence-electron chi connectivity index (χ3n) is 13.3. The van der Waals surface area contributed by atoms with Gasteiger partial charge in [-0.15, -0.1) is 0 Å². The highest BCUT2D eigenvalue weighted by molar-refractivity contribution is 6.05. The normalized spacial score (nSPS) is 12.4. The number of hydrogen-bond donors (Lipinski definition) is 8. The lowest BCUT2D eigenvalue weighted by Crippen LogP contribution is -2.54. The summed E-state index contributed by atoms with van der Waals surface area (Å²) in [6.45, 7) is 12.2. The summed E-state index contributed by atoms with van der Waals surface area (Å²) in [5.41, 5.74) is 7.78. The minimum absolute atomic E-state index is 0.0163. The van der Waals surface area contributed by atoms with Crippen molar-refractivity contribution in [3.63, 3.8) is 0 Å². The van der Waals surface area contributed by atoms with Crippen LogP contribution < -0.4 is 37.6 Å². The highest BCUT2D eigenvalue weighted by Gasteiger charge is 2.29. The molecule has 0 spiro atoms. The second-order valence-corrected chi connectivity index (χ2v) is 22.1. The number of aliphatic hydroxyl groups is 1. The second-order valence-electron chi connectivity index (χ2n) is 22.1. The Morgan fingerprint density at radius 2 is 1.04 bits per heavy atom. The molecule has 9 N–H and O–H groups in total. The smallest absolute Gasteiger partial charge is 0.407 e. The van der Waals surface area contributed by atoms with E-state index in [-0.39, 0.29) is 54.5 Å².